The number of anilines is 2. The molecule has 0 aromatic carbocycles. The Labute approximate surface area is 120 Å². The lowest BCUT2D eigenvalue weighted by molar-refractivity contribution is -0.118. The maximum absolute atomic E-state index is 12.1. The second-order valence-corrected chi connectivity index (χ2v) is 5.07. The monoisotopic (exact) mass is 276 g/mol. The summed E-state index contributed by atoms with van der Waals surface area (Å²) in [7, 11) is 0. The number of hydrogen-bond donors (Lipinski definition) is 2. The van der Waals surface area contributed by atoms with Gasteiger partial charge in [-0.2, -0.15) is 0 Å². The number of rotatable bonds is 5. The van der Waals surface area contributed by atoms with Crippen LogP contribution in [0.3, 0.4) is 0 Å². The average molecular weight is 276 g/mol. The summed E-state index contributed by atoms with van der Waals surface area (Å²) in [4.78, 5) is 18.7. The first kappa shape index (κ1) is 14.8. The number of hydrogen-bond acceptors (Lipinski definition) is 4. The number of piperidine rings is 1. The molecule has 2 rings (SSSR count). The van der Waals surface area contributed by atoms with E-state index in [4.69, 9.17) is 0 Å². The third-order valence-electron chi connectivity index (χ3n) is 3.73. The van der Waals surface area contributed by atoms with Crippen LogP contribution in [0.1, 0.15) is 33.1 Å². The van der Waals surface area contributed by atoms with Crippen LogP contribution in [0.5, 0.6) is 0 Å². The summed E-state index contributed by atoms with van der Waals surface area (Å²) in [5.41, 5.74) is 0.762. The van der Waals surface area contributed by atoms with E-state index in [0.717, 1.165) is 50.4 Å². The fourth-order valence-electron chi connectivity index (χ4n) is 2.50. The molecule has 5 nitrogen and oxygen atoms in total. The van der Waals surface area contributed by atoms with Crippen LogP contribution in [-0.4, -0.2) is 36.6 Å². The number of amides is 1. The Morgan fingerprint density at radius 2 is 2.20 bits per heavy atom. The van der Waals surface area contributed by atoms with Crippen LogP contribution < -0.4 is 15.5 Å². The molecule has 5 heteroatoms. The summed E-state index contributed by atoms with van der Waals surface area (Å²) in [6.07, 6.45) is 4.92. The first-order valence-corrected chi connectivity index (χ1v) is 7.49. The molecule has 1 fully saturated rings. The van der Waals surface area contributed by atoms with Crippen molar-refractivity contribution in [1.82, 2.24) is 10.3 Å². The molecule has 1 aromatic rings. The van der Waals surface area contributed by atoms with Crippen molar-refractivity contribution in [1.29, 1.82) is 0 Å². The Kier molecular flexibility index (Phi) is 5.35. The smallest absolute Gasteiger partial charge is 0.241 e. The van der Waals surface area contributed by atoms with Crippen LogP contribution in [0.2, 0.25) is 0 Å². The fourth-order valence-corrected chi connectivity index (χ4v) is 2.50. The predicted octanol–water partition coefficient (Wildman–Crippen LogP) is 2.01. The van der Waals surface area contributed by atoms with Crippen molar-refractivity contribution in [2.75, 3.05) is 29.9 Å². The molecule has 1 aliphatic heterocycles. The maximum Gasteiger partial charge on any atom is 0.241 e. The third kappa shape index (κ3) is 3.70. The molecule has 0 bridgehead atoms. The van der Waals surface area contributed by atoms with Crippen LogP contribution in [0.25, 0.3) is 0 Å². The zero-order valence-electron chi connectivity index (χ0n) is 12.4. The SMILES string of the molecule is CCN(CC)c1ccc(NC(=O)[C@@H]2CCCCN2)cn1. The van der Waals surface area contributed by atoms with Gasteiger partial charge in [-0.25, -0.2) is 4.98 Å². The van der Waals surface area contributed by atoms with Crippen LogP contribution >= 0.6 is 0 Å². The third-order valence-corrected chi connectivity index (χ3v) is 3.73. The number of aromatic nitrogens is 1. The topological polar surface area (TPSA) is 57.3 Å². The van der Waals surface area contributed by atoms with Gasteiger partial charge in [0.05, 0.1) is 17.9 Å². The van der Waals surface area contributed by atoms with Crippen molar-refractivity contribution in [3.05, 3.63) is 18.3 Å². The van der Waals surface area contributed by atoms with E-state index in [1.165, 1.54) is 0 Å². The molecule has 0 spiro atoms. The Bertz CT molecular complexity index is 422. The Morgan fingerprint density at radius 1 is 1.40 bits per heavy atom. The van der Waals surface area contributed by atoms with E-state index in [1.807, 2.05) is 12.1 Å². The van der Waals surface area contributed by atoms with Crippen molar-refractivity contribution >= 4 is 17.4 Å². The average Bonchev–Trinajstić information content (AvgIpc) is 2.51. The van der Waals surface area contributed by atoms with E-state index in [0.29, 0.717) is 0 Å². The molecule has 0 aliphatic carbocycles. The zero-order valence-corrected chi connectivity index (χ0v) is 12.4. The van der Waals surface area contributed by atoms with Gasteiger partial charge in [-0.05, 0) is 45.4 Å². The molecular formula is C15H24N4O. The minimum atomic E-state index is -0.0637. The number of carbonyl (C=O) groups is 1. The summed E-state index contributed by atoms with van der Waals surface area (Å²) < 4.78 is 0. The van der Waals surface area contributed by atoms with E-state index >= 15 is 0 Å². The number of nitrogens with zero attached hydrogens (tertiary/aromatic N) is 2. The molecule has 1 saturated heterocycles. The van der Waals surface area contributed by atoms with Gasteiger partial charge < -0.3 is 15.5 Å². The van der Waals surface area contributed by atoms with Crippen LogP contribution in [0.4, 0.5) is 11.5 Å². The number of pyridine rings is 1. The molecule has 1 aromatic heterocycles. The normalized spacial score (nSPS) is 18.6. The van der Waals surface area contributed by atoms with Gasteiger partial charge in [-0.1, -0.05) is 6.42 Å². The van der Waals surface area contributed by atoms with E-state index in [2.05, 4.69) is 34.4 Å². The molecular weight excluding hydrogens is 252 g/mol. The number of nitrogens with one attached hydrogen (secondary N) is 2. The Balaban J connectivity index is 1.94. The lowest BCUT2D eigenvalue weighted by Crippen LogP contribution is -2.43. The minimum Gasteiger partial charge on any atom is -0.357 e. The summed E-state index contributed by atoms with van der Waals surface area (Å²) >= 11 is 0. The van der Waals surface area contributed by atoms with Gasteiger partial charge in [-0.3, -0.25) is 4.79 Å². The van der Waals surface area contributed by atoms with Crippen molar-refractivity contribution in [3.8, 4) is 0 Å². The Morgan fingerprint density at radius 3 is 2.75 bits per heavy atom. The van der Waals surface area contributed by atoms with E-state index < -0.39 is 0 Å². The van der Waals surface area contributed by atoms with Gasteiger partial charge in [-0.15, -0.1) is 0 Å². The van der Waals surface area contributed by atoms with Crippen molar-refractivity contribution in [3.63, 3.8) is 0 Å². The highest BCUT2D eigenvalue weighted by Gasteiger charge is 2.20. The van der Waals surface area contributed by atoms with E-state index in [9.17, 15) is 4.79 Å². The second kappa shape index (κ2) is 7.24. The summed E-state index contributed by atoms with van der Waals surface area (Å²) in [5.74, 6) is 0.992. The highest BCUT2D eigenvalue weighted by atomic mass is 16.2. The molecule has 2 heterocycles. The Hall–Kier alpha value is -1.62. The predicted molar refractivity (Wildman–Crippen MR) is 82.1 cm³/mol. The fraction of sp³-hybridized carbons (Fsp3) is 0.600. The quantitative estimate of drug-likeness (QED) is 0.864. The molecule has 1 aliphatic rings. The molecule has 1 amide bonds. The van der Waals surface area contributed by atoms with Crippen LogP contribution in [-0.2, 0) is 4.79 Å². The van der Waals surface area contributed by atoms with Gasteiger partial charge in [0.25, 0.3) is 0 Å². The van der Waals surface area contributed by atoms with E-state index in [1.54, 1.807) is 6.20 Å². The molecule has 2 N–H and O–H groups in total. The second-order valence-electron chi connectivity index (χ2n) is 5.07. The molecule has 0 unspecified atom stereocenters. The summed E-state index contributed by atoms with van der Waals surface area (Å²) in [5, 5.41) is 6.18. The summed E-state index contributed by atoms with van der Waals surface area (Å²) in [6.45, 7) is 7.00. The molecule has 0 radical (unpaired) electrons. The molecule has 1 atom stereocenters. The van der Waals surface area contributed by atoms with Gasteiger partial charge in [0.15, 0.2) is 0 Å². The maximum atomic E-state index is 12.1. The van der Waals surface area contributed by atoms with E-state index in [-0.39, 0.29) is 11.9 Å². The van der Waals surface area contributed by atoms with Crippen molar-refractivity contribution in [2.24, 2.45) is 0 Å². The van der Waals surface area contributed by atoms with Crippen molar-refractivity contribution < 1.29 is 4.79 Å². The zero-order chi connectivity index (χ0) is 14.4. The van der Waals surface area contributed by atoms with Gasteiger partial charge in [0.1, 0.15) is 5.82 Å². The van der Waals surface area contributed by atoms with Crippen molar-refractivity contribution in [2.45, 2.75) is 39.2 Å². The minimum absolute atomic E-state index is 0.0436. The first-order chi connectivity index (χ1) is 9.74. The molecule has 110 valence electrons. The van der Waals surface area contributed by atoms with Gasteiger partial charge in [0.2, 0.25) is 5.91 Å². The summed E-state index contributed by atoms with van der Waals surface area (Å²) in [6, 6.07) is 3.81. The molecule has 20 heavy (non-hydrogen) atoms. The van der Waals surface area contributed by atoms with Crippen LogP contribution in [0, 0.1) is 0 Å². The van der Waals surface area contributed by atoms with Gasteiger partial charge >= 0.3 is 0 Å². The van der Waals surface area contributed by atoms with Gasteiger partial charge in [0, 0.05) is 13.1 Å². The highest BCUT2D eigenvalue weighted by molar-refractivity contribution is 5.94. The lowest BCUT2D eigenvalue weighted by Gasteiger charge is -2.23. The standard InChI is InChI=1S/C15H24N4O/c1-3-19(4-2)14-9-8-12(11-17-14)18-15(20)13-7-5-6-10-16-13/h8-9,11,13,16H,3-7,10H2,1-2H3,(H,18,20)/t13-/m0/s1. The molecule has 0 saturated carbocycles. The number of carbonyl (C=O) groups excluding carboxylic acids is 1. The largest absolute Gasteiger partial charge is 0.357 e. The van der Waals surface area contributed by atoms with Crippen LogP contribution in [0.15, 0.2) is 18.3 Å². The first-order valence-electron chi connectivity index (χ1n) is 7.49. The highest BCUT2D eigenvalue weighted by Crippen LogP contribution is 2.15. The lowest BCUT2D eigenvalue weighted by atomic mass is 10.0.